The predicted octanol–water partition coefficient (Wildman–Crippen LogP) is 3.03. The van der Waals surface area contributed by atoms with Crippen molar-refractivity contribution in [3.8, 4) is 5.75 Å². The molecule has 0 aliphatic carbocycles. The van der Waals surface area contributed by atoms with E-state index in [0.29, 0.717) is 23.6 Å². The highest BCUT2D eigenvalue weighted by Gasteiger charge is 2.08. The number of ether oxygens (including phenoxy) is 1. The number of carbonyl (C=O) groups excluding carboxylic acids is 2. The molecule has 0 atom stereocenters. The SMILES string of the molecule is O=C(CNC(=O)c1ccc(Cl)cc1)NCCc1ccc(OC(F)F)cc1. The van der Waals surface area contributed by atoms with Crippen molar-refractivity contribution in [1.29, 1.82) is 0 Å². The second-order valence-electron chi connectivity index (χ2n) is 5.31. The van der Waals surface area contributed by atoms with Crippen LogP contribution >= 0.6 is 11.6 Å². The normalized spacial score (nSPS) is 10.5. The largest absolute Gasteiger partial charge is 0.435 e. The zero-order valence-electron chi connectivity index (χ0n) is 13.7. The van der Waals surface area contributed by atoms with Crippen molar-refractivity contribution in [2.75, 3.05) is 13.1 Å². The van der Waals surface area contributed by atoms with E-state index in [9.17, 15) is 18.4 Å². The summed E-state index contributed by atoms with van der Waals surface area (Å²) < 4.78 is 28.4. The maximum Gasteiger partial charge on any atom is 0.387 e. The minimum Gasteiger partial charge on any atom is -0.435 e. The Labute approximate surface area is 154 Å². The summed E-state index contributed by atoms with van der Waals surface area (Å²) in [5, 5.41) is 5.70. The fourth-order valence-corrected chi connectivity index (χ4v) is 2.24. The Morgan fingerprint density at radius 3 is 2.27 bits per heavy atom. The minimum absolute atomic E-state index is 0.0812. The molecule has 2 aromatic carbocycles. The summed E-state index contributed by atoms with van der Waals surface area (Å²) in [6.07, 6.45) is 0.520. The Bertz CT molecular complexity index is 737. The van der Waals surface area contributed by atoms with E-state index in [1.807, 2.05) is 0 Å². The van der Waals surface area contributed by atoms with Crippen LogP contribution in [-0.4, -0.2) is 31.5 Å². The third-order valence-electron chi connectivity index (χ3n) is 3.40. The molecule has 5 nitrogen and oxygen atoms in total. The summed E-state index contributed by atoms with van der Waals surface area (Å²) >= 11 is 5.75. The topological polar surface area (TPSA) is 67.4 Å². The molecule has 0 saturated carbocycles. The molecule has 2 rings (SSSR count). The van der Waals surface area contributed by atoms with Gasteiger partial charge in [-0.05, 0) is 48.4 Å². The van der Waals surface area contributed by atoms with Crippen molar-refractivity contribution in [3.63, 3.8) is 0 Å². The van der Waals surface area contributed by atoms with Crippen LogP contribution in [-0.2, 0) is 11.2 Å². The van der Waals surface area contributed by atoms with Crippen molar-refractivity contribution in [2.45, 2.75) is 13.0 Å². The summed E-state index contributed by atoms with van der Waals surface area (Å²) in [4.78, 5) is 23.6. The zero-order chi connectivity index (χ0) is 18.9. The van der Waals surface area contributed by atoms with Crippen LogP contribution in [0.3, 0.4) is 0 Å². The van der Waals surface area contributed by atoms with E-state index in [1.165, 1.54) is 12.1 Å². The van der Waals surface area contributed by atoms with Gasteiger partial charge in [0.25, 0.3) is 5.91 Å². The molecule has 0 unspecified atom stereocenters. The van der Waals surface area contributed by atoms with E-state index in [4.69, 9.17) is 11.6 Å². The fraction of sp³-hybridized carbons (Fsp3) is 0.222. The van der Waals surface area contributed by atoms with Crippen LogP contribution in [0, 0.1) is 0 Å². The molecular weight excluding hydrogens is 366 g/mol. The van der Waals surface area contributed by atoms with Crippen LogP contribution in [0.15, 0.2) is 48.5 Å². The maximum atomic E-state index is 12.1. The van der Waals surface area contributed by atoms with Crippen molar-refractivity contribution < 1.29 is 23.1 Å². The van der Waals surface area contributed by atoms with Crippen molar-refractivity contribution in [2.24, 2.45) is 0 Å². The van der Waals surface area contributed by atoms with Crippen LogP contribution in [0.4, 0.5) is 8.78 Å². The molecule has 26 heavy (non-hydrogen) atoms. The molecule has 0 spiro atoms. The Hall–Kier alpha value is -2.67. The number of alkyl halides is 2. The van der Waals surface area contributed by atoms with Gasteiger partial charge in [0.2, 0.25) is 5.91 Å². The monoisotopic (exact) mass is 382 g/mol. The molecule has 8 heteroatoms. The molecule has 0 fully saturated rings. The first kappa shape index (κ1) is 19.7. The lowest BCUT2D eigenvalue weighted by molar-refractivity contribution is -0.120. The Kier molecular flexibility index (Phi) is 7.35. The quantitative estimate of drug-likeness (QED) is 0.737. The highest BCUT2D eigenvalue weighted by Crippen LogP contribution is 2.15. The van der Waals surface area contributed by atoms with Gasteiger partial charge in [-0.3, -0.25) is 9.59 Å². The molecule has 2 aromatic rings. The fourth-order valence-electron chi connectivity index (χ4n) is 2.11. The molecule has 0 saturated heterocycles. The van der Waals surface area contributed by atoms with Gasteiger partial charge in [0, 0.05) is 17.1 Å². The lowest BCUT2D eigenvalue weighted by Gasteiger charge is -2.08. The number of amides is 2. The van der Waals surface area contributed by atoms with Crippen LogP contribution in [0.1, 0.15) is 15.9 Å². The van der Waals surface area contributed by atoms with Gasteiger partial charge in [0.05, 0.1) is 6.54 Å². The molecule has 0 bridgehead atoms. The number of benzene rings is 2. The van der Waals surface area contributed by atoms with Gasteiger partial charge in [-0.15, -0.1) is 0 Å². The molecular formula is C18H17ClF2N2O3. The molecule has 138 valence electrons. The lowest BCUT2D eigenvalue weighted by Crippen LogP contribution is -2.37. The highest BCUT2D eigenvalue weighted by atomic mass is 35.5. The average Bonchev–Trinajstić information content (AvgIpc) is 2.61. The number of carbonyl (C=O) groups is 2. The molecule has 0 heterocycles. The van der Waals surface area contributed by atoms with E-state index < -0.39 is 6.61 Å². The first-order valence-corrected chi connectivity index (χ1v) is 8.16. The van der Waals surface area contributed by atoms with Crippen LogP contribution in [0.5, 0.6) is 5.75 Å². The van der Waals surface area contributed by atoms with Crippen LogP contribution in [0.2, 0.25) is 5.02 Å². The number of hydrogen-bond acceptors (Lipinski definition) is 3. The van der Waals surface area contributed by atoms with Crippen LogP contribution < -0.4 is 15.4 Å². The minimum atomic E-state index is -2.86. The number of nitrogens with one attached hydrogen (secondary N) is 2. The second kappa shape index (κ2) is 9.72. The van der Waals surface area contributed by atoms with E-state index in [0.717, 1.165) is 5.56 Å². The molecule has 0 aliphatic heterocycles. The molecule has 0 aliphatic rings. The lowest BCUT2D eigenvalue weighted by atomic mass is 10.1. The average molecular weight is 383 g/mol. The van der Waals surface area contributed by atoms with Gasteiger partial charge in [0.1, 0.15) is 5.75 Å². The third kappa shape index (κ3) is 6.68. The van der Waals surface area contributed by atoms with Crippen molar-refractivity contribution in [1.82, 2.24) is 10.6 Å². The number of halogens is 3. The number of rotatable bonds is 8. The Balaban J connectivity index is 1.68. The van der Waals surface area contributed by atoms with Gasteiger partial charge >= 0.3 is 6.61 Å². The van der Waals surface area contributed by atoms with Gasteiger partial charge in [-0.25, -0.2) is 0 Å². The third-order valence-corrected chi connectivity index (χ3v) is 3.65. The van der Waals surface area contributed by atoms with Crippen LogP contribution in [0.25, 0.3) is 0 Å². The van der Waals surface area contributed by atoms with Crippen molar-refractivity contribution >= 4 is 23.4 Å². The molecule has 2 N–H and O–H groups in total. The first-order chi connectivity index (χ1) is 12.4. The van der Waals surface area contributed by atoms with Gasteiger partial charge < -0.3 is 15.4 Å². The summed E-state index contributed by atoms with van der Waals surface area (Å²) in [7, 11) is 0. The Morgan fingerprint density at radius 1 is 1.00 bits per heavy atom. The molecule has 0 radical (unpaired) electrons. The summed E-state index contributed by atoms with van der Waals surface area (Å²) in [6.45, 7) is -2.66. The summed E-state index contributed by atoms with van der Waals surface area (Å²) in [5.41, 5.74) is 1.27. The predicted molar refractivity (Wildman–Crippen MR) is 93.6 cm³/mol. The van der Waals surface area contributed by atoms with Gasteiger partial charge in [-0.2, -0.15) is 8.78 Å². The molecule has 2 amide bonds. The standard InChI is InChI=1S/C18H17ClF2N2O3/c19-14-5-3-13(4-6-14)17(25)23-11-16(24)22-10-9-12-1-7-15(8-2-12)26-18(20)21/h1-8,18H,9-11H2,(H,22,24)(H,23,25). The zero-order valence-corrected chi connectivity index (χ0v) is 14.4. The highest BCUT2D eigenvalue weighted by molar-refractivity contribution is 6.30. The van der Waals surface area contributed by atoms with E-state index in [2.05, 4.69) is 15.4 Å². The summed E-state index contributed by atoms with van der Waals surface area (Å²) in [6, 6.07) is 12.5. The van der Waals surface area contributed by atoms with Crippen molar-refractivity contribution in [3.05, 3.63) is 64.7 Å². The molecule has 0 aromatic heterocycles. The van der Waals surface area contributed by atoms with Gasteiger partial charge in [0.15, 0.2) is 0 Å². The van der Waals surface area contributed by atoms with E-state index >= 15 is 0 Å². The number of hydrogen-bond donors (Lipinski definition) is 2. The maximum absolute atomic E-state index is 12.1. The van der Waals surface area contributed by atoms with E-state index in [-0.39, 0.29) is 24.1 Å². The first-order valence-electron chi connectivity index (χ1n) is 7.78. The second-order valence-corrected chi connectivity index (χ2v) is 5.75. The summed E-state index contributed by atoms with van der Waals surface area (Å²) in [5.74, 6) is -0.617. The Morgan fingerprint density at radius 2 is 1.65 bits per heavy atom. The van der Waals surface area contributed by atoms with Gasteiger partial charge in [-0.1, -0.05) is 23.7 Å². The smallest absolute Gasteiger partial charge is 0.387 e. The van der Waals surface area contributed by atoms with E-state index in [1.54, 1.807) is 36.4 Å².